The van der Waals surface area contributed by atoms with Crippen LogP contribution in [-0.2, 0) is 0 Å². The summed E-state index contributed by atoms with van der Waals surface area (Å²) in [5.41, 5.74) is 2.45. The summed E-state index contributed by atoms with van der Waals surface area (Å²) in [6.45, 7) is 0. The van der Waals surface area contributed by atoms with Gasteiger partial charge >= 0.3 is 0 Å². The topological polar surface area (TPSA) is 52.5 Å². The number of H-pyrrole nitrogens is 1. The number of aromatic nitrogens is 2. The Kier molecular flexibility index (Phi) is 2.21. The Bertz CT molecular complexity index is 908. The van der Waals surface area contributed by atoms with E-state index >= 15 is 0 Å². The minimum absolute atomic E-state index is 0.648. The highest BCUT2D eigenvalue weighted by molar-refractivity contribution is 7.28. The lowest BCUT2D eigenvalue weighted by Gasteiger charge is -1.87. The highest BCUT2D eigenvalue weighted by Gasteiger charge is 2.10. The molecule has 19 heavy (non-hydrogen) atoms. The summed E-state index contributed by atoms with van der Waals surface area (Å²) >= 11 is 3.48. The molecule has 0 bridgehead atoms. The number of nitrogens with one attached hydrogen (secondary N) is 1. The first-order chi connectivity index (χ1) is 9.33. The fraction of sp³-hybridized carbons (Fsp3) is 0. The molecule has 0 aliphatic rings. The second kappa shape index (κ2) is 3.92. The standard InChI is InChI=1S/C14H7N3S2/c15-7-8-1-2-9-10(5-8)17-14(16-9)13-6-12-11(19-13)3-4-18-12/h1-6H,(H,16,17). The van der Waals surface area contributed by atoms with Crippen molar-refractivity contribution in [1.82, 2.24) is 9.97 Å². The van der Waals surface area contributed by atoms with Gasteiger partial charge in [-0.15, -0.1) is 22.7 Å². The van der Waals surface area contributed by atoms with Crippen LogP contribution < -0.4 is 0 Å². The Labute approximate surface area is 116 Å². The van der Waals surface area contributed by atoms with E-state index in [1.165, 1.54) is 9.40 Å². The summed E-state index contributed by atoms with van der Waals surface area (Å²) < 4.78 is 2.58. The van der Waals surface area contributed by atoms with Gasteiger partial charge in [0, 0.05) is 9.40 Å². The number of nitrogens with zero attached hydrogens (tertiary/aromatic N) is 2. The third kappa shape index (κ3) is 1.65. The molecule has 0 saturated heterocycles. The van der Waals surface area contributed by atoms with E-state index in [-0.39, 0.29) is 0 Å². The van der Waals surface area contributed by atoms with Gasteiger partial charge in [0.05, 0.1) is 27.5 Å². The maximum Gasteiger partial charge on any atom is 0.148 e. The molecule has 3 nitrogen and oxygen atoms in total. The molecule has 3 heterocycles. The summed E-state index contributed by atoms with van der Waals surface area (Å²) in [5, 5.41) is 11.0. The fourth-order valence-corrected chi connectivity index (χ4v) is 4.13. The lowest BCUT2D eigenvalue weighted by atomic mass is 10.2. The van der Waals surface area contributed by atoms with Crippen molar-refractivity contribution in [3.05, 3.63) is 41.3 Å². The van der Waals surface area contributed by atoms with Crippen molar-refractivity contribution in [3.8, 4) is 16.8 Å². The first-order valence-electron chi connectivity index (χ1n) is 5.71. The number of thiophene rings is 2. The zero-order valence-corrected chi connectivity index (χ0v) is 11.3. The largest absolute Gasteiger partial charge is 0.337 e. The van der Waals surface area contributed by atoms with Crippen LogP contribution in [0.4, 0.5) is 0 Å². The molecule has 0 fully saturated rings. The summed E-state index contributed by atoms with van der Waals surface area (Å²) in [6, 6.07) is 11.9. The summed E-state index contributed by atoms with van der Waals surface area (Å²) in [6.07, 6.45) is 0. The number of rotatable bonds is 1. The van der Waals surface area contributed by atoms with Crippen LogP contribution in [0.1, 0.15) is 5.56 Å². The van der Waals surface area contributed by atoms with Crippen LogP contribution in [0.3, 0.4) is 0 Å². The van der Waals surface area contributed by atoms with Gasteiger partial charge in [0.25, 0.3) is 0 Å². The minimum atomic E-state index is 0.648. The predicted molar refractivity (Wildman–Crippen MR) is 79.5 cm³/mol. The van der Waals surface area contributed by atoms with E-state index in [0.29, 0.717) is 5.56 Å². The van der Waals surface area contributed by atoms with Gasteiger partial charge in [-0.25, -0.2) is 4.98 Å². The molecule has 0 aliphatic heterocycles. The Hall–Kier alpha value is -2.16. The summed E-state index contributed by atoms with van der Waals surface area (Å²) in [5.74, 6) is 0.874. The van der Waals surface area contributed by atoms with E-state index in [1.807, 2.05) is 12.1 Å². The van der Waals surface area contributed by atoms with Crippen LogP contribution in [0.2, 0.25) is 0 Å². The molecule has 0 aliphatic carbocycles. The molecule has 4 aromatic rings. The quantitative estimate of drug-likeness (QED) is 0.563. The van der Waals surface area contributed by atoms with Gasteiger partial charge in [-0.05, 0) is 35.7 Å². The van der Waals surface area contributed by atoms with Crippen LogP contribution in [0.15, 0.2) is 35.7 Å². The van der Waals surface area contributed by atoms with E-state index < -0.39 is 0 Å². The maximum absolute atomic E-state index is 8.91. The zero-order chi connectivity index (χ0) is 12.8. The maximum atomic E-state index is 8.91. The first kappa shape index (κ1) is 10.7. The molecule has 0 saturated carbocycles. The normalized spacial score (nSPS) is 11.1. The highest BCUT2D eigenvalue weighted by Crippen LogP contribution is 2.35. The number of fused-ring (bicyclic) bond motifs is 2. The van der Waals surface area contributed by atoms with Gasteiger partial charge in [-0.2, -0.15) is 5.26 Å². The molecule has 90 valence electrons. The van der Waals surface area contributed by atoms with Crippen molar-refractivity contribution in [1.29, 1.82) is 5.26 Å². The van der Waals surface area contributed by atoms with Crippen molar-refractivity contribution in [2.24, 2.45) is 0 Å². The lowest BCUT2D eigenvalue weighted by Crippen LogP contribution is -1.73. The lowest BCUT2D eigenvalue weighted by molar-refractivity contribution is 1.36. The number of benzene rings is 1. The molecule has 0 unspecified atom stereocenters. The number of hydrogen-bond acceptors (Lipinski definition) is 4. The van der Waals surface area contributed by atoms with E-state index in [9.17, 15) is 0 Å². The van der Waals surface area contributed by atoms with E-state index in [1.54, 1.807) is 28.7 Å². The second-order valence-corrected chi connectivity index (χ2v) is 6.22. The average Bonchev–Trinajstić information content (AvgIpc) is 3.10. The third-order valence-electron chi connectivity index (χ3n) is 2.98. The average molecular weight is 281 g/mol. The Morgan fingerprint density at radius 3 is 2.95 bits per heavy atom. The molecule has 4 rings (SSSR count). The van der Waals surface area contributed by atoms with Crippen molar-refractivity contribution in [3.63, 3.8) is 0 Å². The van der Waals surface area contributed by atoms with Crippen LogP contribution in [0.5, 0.6) is 0 Å². The molecular formula is C14H7N3S2. The minimum Gasteiger partial charge on any atom is -0.337 e. The molecule has 5 heteroatoms. The second-order valence-electron chi connectivity index (χ2n) is 4.19. The van der Waals surface area contributed by atoms with E-state index in [0.717, 1.165) is 21.7 Å². The Balaban J connectivity index is 1.91. The molecular weight excluding hydrogens is 274 g/mol. The van der Waals surface area contributed by atoms with Gasteiger partial charge in [0.15, 0.2) is 0 Å². The van der Waals surface area contributed by atoms with Crippen LogP contribution in [-0.4, -0.2) is 9.97 Å². The molecule has 0 atom stereocenters. The Morgan fingerprint density at radius 2 is 2.11 bits per heavy atom. The van der Waals surface area contributed by atoms with Crippen LogP contribution in [0.25, 0.3) is 31.1 Å². The molecule has 1 aromatic carbocycles. The van der Waals surface area contributed by atoms with Gasteiger partial charge in [-0.1, -0.05) is 0 Å². The number of hydrogen-bond donors (Lipinski definition) is 1. The molecule has 0 amide bonds. The highest BCUT2D eigenvalue weighted by atomic mass is 32.1. The van der Waals surface area contributed by atoms with Crippen molar-refractivity contribution >= 4 is 43.1 Å². The SMILES string of the molecule is N#Cc1ccc2nc(-c3cc4sccc4s3)[nH]c2c1. The van der Waals surface area contributed by atoms with E-state index in [4.69, 9.17) is 5.26 Å². The third-order valence-corrected chi connectivity index (χ3v) is 5.08. The van der Waals surface area contributed by atoms with Crippen LogP contribution >= 0.6 is 22.7 Å². The number of nitriles is 1. The Morgan fingerprint density at radius 1 is 1.16 bits per heavy atom. The van der Waals surface area contributed by atoms with Crippen molar-refractivity contribution in [2.75, 3.05) is 0 Å². The monoisotopic (exact) mass is 281 g/mol. The molecule has 1 N–H and O–H groups in total. The first-order valence-corrected chi connectivity index (χ1v) is 7.40. The molecule has 0 radical (unpaired) electrons. The predicted octanol–water partition coefficient (Wildman–Crippen LogP) is 4.38. The molecule has 3 aromatic heterocycles. The van der Waals surface area contributed by atoms with Gasteiger partial charge in [0.1, 0.15) is 5.82 Å². The van der Waals surface area contributed by atoms with Crippen molar-refractivity contribution < 1.29 is 0 Å². The fourth-order valence-electron chi connectivity index (χ4n) is 2.08. The number of imidazole rings is 1. The zero-order valence-electron chi connectivity index (χ0n) is 9.68. The van der Waals surface area contributed by atoms with E-state index in [2.05, 4.69) is 33.5 Å². The van der Waals surface area contributed by atoms with Gasteiger partial charge < -0.3 is 4.98 Å². The summed E-state index contributed by atoms with van der Waals surface area (Å²) in [4.78, 5) is 9.01. The van der Waals surface area contributed by atoms with Gasteiger partial charge in [0.2, 0.25) is 0 Å². The number of aromatic amines is 1. The van der Waals surface area contributed by atoms with Crippen LogP contribution in [0, 0.1) is 11.3 Å². The summed E-state index contributed by atoms with van der Waals surface area (Å²) in [7, 11) is 0. The smallest absolute Gasteiger partial charge is 0.148 e. The van der Waals surface area contributed by atoms with Crippen molar-refractivity contribution in [2.45, 2.75) is 0 Å². The van der Waals surface area contributed by atoms with Gasteiger partial charge in [-0.3, -0.25) is 0 Å². The molecule has 0 spiro atoms.